The molecule has 0 saturated carbocycles. The Balaban J connectivity index is 0.00000264. The molecule has 1 aliphatic rings. The Hall–Kier alpha value is -1.79. The van der Waals surface area contributed by atoms with Crippen molar-refractivity contribution >= 4 is 24.2 Å². The van der Waals surface area contributed by atoms with E-state index in [0.29, 0.717) is 50.5 Å². The molecule has 2 rings (SSSR count). The van der Waals surface area contributed by atoms with Gasteiger partial charge in [-0.2, -0.15) is 0 Å². The Morgan fingerprint density at radius 3 is 2.43 bits per heavy atom. The first kappa shape index (κ1) is 19.3. The Morgan fingerprint density at radius 2 is 1.83 bits per heavy atom. The average Bonchev–Trinajstić information content (AvgIpc) is 2.59. The van der Waals surface area contributed by atoms with Crippen molar-refractivity contribution in [2.45, 2.75) is 6.42 Å². The first-order valence-corrected chi connectivity index (χ1v) is 7.51. The van der Waals surface area contributed by atoms with Gasteiger partial charge in [0.1, 0.15) is 5.75 Å². The predicted octanol–water partition coefficient (Wildman–Crippen LogP) is 1.01. The first-order chi connectivity index (χ1) is 10.7. The molecular formula is C16H24ClN3O3. The van der Waals surface area contributed by atoms with Crippen molar-refractivity contribution in [1.82, 2.24) is 15.1 Å². The van der Waals surface area contributed by atoms with Gasteiger partial charge in [-0.3, -0.25) is 9.59 Å². The number of nitrogens with one attached hydrogen (secondary N) is 1. The van der Waals surface area contributed by atoms with E-state index in [4.69, 9.17) is 4.74 Å². The zero-order valence-corrected chi connectivity index (χ0v) is 14.4. The van der Waals surface area contributed by atoms with E-state index >= 15 is 0 Å². The van der Waals surface area contributed by atoms with E-state index in [9.17, 15) is 9.59 Å². The van der Waals surface area contributed by atoms with Crippen LogP contribution < -0.4 is 10.1 Å². The second-order valence-electron chi connectivity index (χ2n) is 5.26. The summed E-state index contributed by atoms with van der Waals surface area (Å²) in [5, 5.41) is 2.97. The summed E-state index contributed by atoms with van der Waals surface area (Å²) in [5.41, 5.74) is 0.620. The molecule has 1 N–H and O–H groups in total. The van der Waals surface area contributed by atoms with Crippen LogP contribution in [0, 0.1) is 0 Å². The number of hydrogen-bond donors (Lipinski definition) is 1. The van der Waals surface area contributed by atoms with Crippen LogP contribution in [0.15, 0.2) is 24.3 Å². The Kier molecular flexibility index (Phi) is 7.85. The average molecular weight is 342 g/mol. The zero-order chi connectivity index (χ0) is 15.9. The highest BCUT2D eigenvalue weighted by atomic mass is 35.5. The van der Waals surface area contributed by atoms with E-state index in [-0.39, 0.29) is 24.2 Å². The summed E-state index contributed by atoms with van der Waals surface area (Å²) in [7, 11) is 3.41. The van der Waals surface area contributed by atoms with Crippen LogP contribution in [0.3, 0.4) is 0 Å². The maximum absolute atomic E-state index is 12.5. The molecule has 23 heavy (non-hydrogen) atoms. The molecule has 2 amide bonds. The maximum Gasteiger partial charge on any atom is 0.254 e. The van der Waals surface area contributed by atoms with Gasteiger partial charge in [0.05, 0.1) is 7.11 Å². The summed E-state index contributed by atoms with van der Waals surface area (Å²) in [5.74, 6) is 0.802. The standard InChI is InChI=1S/C16H23N3O3.ClH/c1-17-7-6-15(20)18-8-10-19(11-9-18)16(21)13-4-3-5-14(12-13)22-2;/h3-5,12,17H,6-11H2,1-2H3;1H. The largest absolute Gasteiger partial charge is 0.497 e. The van der Waals surface area contributed by atoms with Gasteiger partial charge in [0.25, 0.3) is 5.91 Å². The number of rotatable bonds is 5. The lowest BCUT2D eigenvalue weighted by Gasteiger charge is -2.35. The highest BCUT2D eigenvalue weighted by Gasteiger charge is 2.24. The molecular weight excluding hydrogens is 318 g/mol. The molecule has 0 radical (unpaired) electrons. The van der Waals surface area contributed by atoms with Crippen molar-refractivity contribution in [3.63, 3.8) is 0 Å². The quantitative estimate of drug-likeness (QED) is 0.868. The third kappa shape index (κ3) is 5.11. The third-order valence-electron chi connectivity index (χ3n) is 3.83. The summed E-state index contributed by atoms with van der Waals surface area (Å²) in [6.45, 7) is 3.01. The van der Waals surface area contributed by atoms with Crippen molar-refractivity contribution in [3.8, 4) is 5.75 Å². The number of benzene rings is 1. The van der Waals surface area contributed by atoms with Gasteiger partial charge in [-0.05, 0) is 25.2 Å². The van der Waals surface area contributed by atoms with Crippen LogP contribution in [-0.2, 0) is 4.79 Å². The van der Waals surface area contributed by atoms with Crippen LogP contribution in [0.1, 0.15) is 16.8 Å². The lowest BCUT2D eigenvalue weighted by Crippen LogP contribution is -2.50. The molecule has 0 aromatic heterocycles. The van der Waals surface area contributed by atoms with Crippen LogP contribution in [-0.4, -0.2) is 68.5 Å². The Labute approximate surface area is 143 Å². The van der Waals surface area contributed by atoms with Crippen LogP contribution >= 0.6 is 12.4 Å². The third-order valence-corrected chi connectivity index (χ3v) is 3.83. The van der Waals surface area contributed by atoms with Crippen molar-refractivity contribution in [2.75, 3.05) is 46.9 Å². The summed E-state index contributed by atoms with van der Waals surface area (Å²) in [6, 6.07) is 7.15. The van der Waals surface area contributed by atoms with Gasteiger partial charge in [-0.25, -0.2) is 0 Å². The van der Waals surface area contributed by atoms with Crippen LogP contribution in [0.2, 0.25) is 0 Å². The van der Waals surface area contributed by atoms with E-state index in [2.05, 4.69) is 5.32 Å². The van der Waals surface area contributed by atoms with Crippen LogP contribution in [0.25, 0.3) is 0 Å². The summed E-state index contributed by atoms with van der Waals surface area (Å²) < 4.78 is 5.15. The lowest BCUT2D eigenvalue weighted by atomic mass is 10.1. The monoisotopic (exact) mass is 341 g/mol. The first-order valence-electron chi connectivity index (χ1n) is 7.51. The number of carbonyl (C=O) groups excluding carboxylic acids is 2. The number of amides is 2. The van der Waals surface area contributed by atoms with E-state index < -0.39 is 0 Å². The number of nitrogens with zero attached hydrogens (tertiary/aromatic N) is 2. The minimum atomic E-state index is -0.0128. The van der Waals surface area contributed by atoms with Crippen molar-refractivity contribution in [2.24, 2.45) is 0 Å². The Bertz CT molecular complexity index is 531. The molecule has 0 bridgehead atoms. The van der Waals surface area contributed by atoms with Crippen LogP contribution in [0.4, 0.5) is 0 Å². The number of ether oxygens (including phenoxy) is 1. The number of methoxy groups -OCH3 is 1. The summed E-state index contributed by atoms with van der Waals surface area (Å²) >= 11 is 0. The molecule has 1 fully saturated rings. The molecule has 0 aliphatic carbocycles. The molecule has 0 spiro atoms. The molecule has 1 saturated heterocycles. The molecule has 1 aromatic rings. The van der Waals surface area contributed by atoms with Crippen molar-refractivity contribution in [3.05, 3.63) is 29.8 Å². The van der Waals surface area contributed by atoms with Crippen molar-refractivity contribution in [1.29, 1.82) is 0 Å². The number of carbonyl (C=O) groups is 2. The fourth-order valence-corrected chi connectivity index (χ4v) is 2.49. The highest BCUT2D eigenvalue weighted by Crippen LogP contribution is 2.15. The minimum Gasteiger partial charge on any atom is -0.497 e. The van der Waals surface area contributed by atoms with E-state index in [0.717, 1.165) is 0 Å². The molecule has 1 aliphatic heterocycles. The normalized spacial score (nSPS) is 14.2. The predicted molar refractivity (Wildman–Crippen MR) is 91.3 cm³/mol. The van der Waals surface area contributed by atoms with Gasteiger partial charge in [0.15, 0.2) is 0 Å². The van der Waals surface area contributed by atoms with Gasteiger partial charge in [0, 0.05) is 44.7 Å². The second-order valence-corrected chi connectivity index (χ2v) is 5.26. The highest BCUT2D eigenvalue weighted by molar-refractivity contribution is 5.94. The number of halogens is 1. The van der Waals surface area contributed by atoms with Gasteiger partial charge >= 0.3 is 0 Å². The van der Waals surface area contributed by atoms with E-state index in [1.165, 1.54) is 0 Å². The molecule has 0 atom stereocenters. The van der Waals surface area contributed by atoms with E-state index in [1.807, 2.05) is 24.1 Å². The second kappa shape index (κ2) is 9.37. The molecule has 1 aromatic carbocycles. The molecule has 1 heterocycles. The van der Waals surface area contributed by atoms with Gasteiger partial charge in [-0.15, -0.1) is 12.4 Å². The SMILES string of the molecule is CNCCC(=O)N1CCN(C(=O)c2cccc(OC)c2)CC1.Cl. The Morgan fingerprint density at radius 1 is 1.17 bits per heavy atom. The lowest BCUT2D eigenvalue weighted by molar-refractivity contribution is -0.132. The van der Waals surface area contributed by atoms with Gasteiger partial charge in [-0.1, -0.05) is 6.07 Å². The minimum absolute atomic E-state index is 0. The molecule has 7 heteroatoms. The fourth-order valence-electron chi connectivity index (χ4n) is 2.49. The number of hydrogen-bond acceptors (Lipinski definition) is 4. The molecule has 6 nitrogen and oxygen atoms in total. The molecule has 128 valence electrons. The topological polar surface area (TPSA) is 61.9 Å². The maximum atomic E-state index is 12.5. The zero-order valence-electron chi connectivity index (χ0n) is 13.6. The van der Waals surface area contributed by atoms with Gasteiger partial charge < -0.3 is 19.9 Å². The number of piperazine rings is 1. The van der Waals surface area contributed by atoms with Crippen LogP contribution in [0.5, 0.6) is 5.75 Å². The summed E-state index contributed by atoms with van der Waals surface area (Å²) in [4.78, 5) is 28.0. The molecule has 0 unspecified atom stereocenters. The van der Waals surface area contributed by atoms with E-state index in [1.54, 1.807) is 24.1 Å². The van der Waals surface area contributed by atoms with Crippen molar-refractivity contribution < 1.29 is 14.3 Å². The smallest absolute Gasteiger partial charge is 0.254 e. The fraction of sp³-hybridized carbons (Fsp3) is 0.500. The van der Waals surface area contributed by atoms with Gasteiger partial charge in [0.2, 0.25) is 5.91 Å². The summed E-state index contributed by atoms with van der Waals surface area (Å²) in [6.07, 6.45) is 0.500.